The van der Waals surface area contributed by atoms with Crippen LogP contribution in [-0.2, 0) is 4.79 Å². The summed E-state index contributed by atoms with van der Waals surface area (Å²) in [6.45, 7) is 9.49. The highest BCUT2D eigenvalue weighted by Gasteiger charge is 2.61. The Labute approximate surface area is 168 Å². The summed E-state index contributed by atoms with van der Waals surface area (Å²) in [6.07, 6.45) is 5.57. The van der Waals surface area contributed by atoms with Gasteiger partial charge in [-0.25, -0.2) is 0 Å². The molecule has 1 saturated heterocycles. The molecule has 27 heavy (non-hydrogen) atoms. The summed E-state index contributed by atoms with van der Waals surface area (Å²) in [5.41, 5.74) is 6.61. The van der Waals surface area contributed by atoms with Crippen LogP contribution in [0, 0.1) is 16.2 Å². The van der Waals surface area contributed by atoms with E-state index in [4.69, 9.17) is 17.3 Å². The summed E-state index contributed by atoms with van der Waals surface area (Å²) in [4.78, 5) is 14.7. The first kappa shape index (κ1) is 21.4. The standard InChI is InChI=1S/C21H37ClN2O3/c1-5-18(2)9-19(3)10-20(4,22)13-21(11-18,12-19)15(23)16(25)24-8-6-7-14(24)17(26)27/h14-15,17,26-27H,5-13,23H2,1-4H3/t14?,15?,18?,19?,20?,21-/m1/s1. The minimum atomic E-state index is -1.51. The van der Waals surface area contributed by atoms with Gasteiger partial charge >= 0.3 is 0 Å². The molecule has 4 N–H and O–H groups in total. The van der Waals surface area contributed by atoms with Crippen LogP contribution in [0.5, 0.6) is 0 Å². The van der Waals surface area contributed by atoms with Gasteiger partial charge in [0, 0.05) is 11.4 Å². The molecule has 0 radical (unpaired) electrons. The summed E-state index contributed by atoms with van der Waals surface area (Å²) in [6, 6.07) is -1.20. The zero-order valence-corrected chi connectivity index (χ0v) is 18.1. The number of carbonyl (C=O) groups is 1. The van der Waals surface area contributed by atoms with Crippen LogP contribution in [0.15, 0.2) is 0 Å². The fraction of sp³-hybridized carbons (Fsp3) is 0.952. The number of hydrogen-bond acceptors (Lipinski definition) is 4. The van der Waals surface area contributed by atoms with E-state index in [-0.39, 0.29) is 27.0 Å². The maximum Gasteiger partial charge on any atom is 0.240 e. The van der Waals surface area contributed by atoms with Crippen molar-refractivity contribution >= 4 is 17.5 Å². The number of aliphatic hydroxyl groups is 2. The highest BCUT2D eigenvalue weighted by Crippen LogP contribution is 2.66. The number of alkyl halides is 1. The monoisotopic (exact) mass is 400 g/mol. The molecule has 0 aromatic heterocycles. The third-order valence-electron chi connectivity index (χ3n) is 7.63. The van der Waals surface area contributed by atoms with Crippen molar-refractivity contribution in [3.8, 4) is 0 Å². The van der Waals surface area contributed by atoms with Crippen LogP contribution in [0.2, 0.25) is 0 Å². The Morgan fingerprint density at radius 2 is 1.85 bits per heavy atom. The average molecular weight is 401 g/mol. The summed E-state index contributed by atoms with van der Waals surface area (Å²) >= 11 is 6.92. The van der Waals surface area contributed by atoms with Gasteiger partial charge in [-0.1, -0.05) is 27.2 Å². The Morgan fingerprint density at radius 1 is 1.19 bits per heavy atom. The molecule has 0 spiro atoms. The van der Waals surface area contributed by atoms with Crippen LogP contribution >= 0.6 is 11.6 Å². The van der Waals surface area contributed by atoms with Crippen LogP contribution in [0.3, 0.4) is 0 Å². The van der Waals surface area contributed by atoms with Crippen molar-refractivity contribution in [1.29, 1.82) is 0 Å². The largest absolute Gasteiger partial charge is 0.366 e. The Hall–Kier alpha value is -0.360. The Bertz CT molecular complexity index is 594. The SMILES string of the molecule is CCC1(C)CC2(C)CC(C)(Cl)C[C@@](C(N)C(=O)N3CCCC3C(O)O)(C1)C2. The number of carbonyl (C=O) groups excluding carboxylic acids is 1. The number of fused-ring (bicyclic) bond motifs is 2. The summed E-state index contributed by atoms with van der Waals surface area (Å²) in [5.74, 6) is -0.136. The van der Waals surface area contributed by atoms with Crippen LogP contribution < -0.4 is 5.73 Å². The molecule has 2 saturated carbocycles. The summed E-state index contributed by atoms with van der Waals surface area (Å²) in [7, 11) is 0. The highest BCUT2D eigenvalue weighted by molar-refractivity contribution is 6.23. The van der Waals surface area contributed by atoms with Crippen molar-refractivity contribution in [3.63, 3.8) is 0 Å². The van der Waals surface area contributed by atoms with Gasteiger partial charge in [0.05, 0.1) is 12.1 Å². The van der Waals surface area contributed by atoms with Gasteiger partial charge in [0.1, 0.15) is 0 Å². The van der Waals surface area contributed by atoms with E-state index in [1.165, 1.54) is 0 Å². The van der Waals surface area contributed by atoms with Crippen molar-refractivity contribution < 1.29 is 15.0 Å². The first-order valence-corrected chi connectivity index (χ1v) is 10.8. The lowest BCUT2D eigenvalue weighted by Gasteiger charge is -2.62. The fourth-order valence-electron chi connectivity index (χ4n) is 7.25. The van der Waals surface area contributed by atoms with Crippen molar-refractivity contribution in [3.05, 3.63) is 0 Å². The molecule has 6 heteroatoms. The highest BCUT2D eigenvalue weighted by atomic mass is 35.5. The van der Waals surface area contributed by atoms with Crippen LogP contribution in [-0.4, -0.2) is 50.8 Å². The molecule has 1 amide bonds. The van der Waals surface area contributed by atoms with Gasteiger partial charge in [-0.3, -0.25) is 4.79 Å². The van der Waals surface area contributed by atoms with Gasteiger partial charge in [0.15, 0.2) is 6.29 Å². The number of hydrogen-bond donors (Lipinski definition) is 3. The van der Waals surface area contributed by atoms with Gasteiger partial charge in [-0.2, -0.15) is 0 Å². The first-order valence-electron chi connectivity index (χ1n) is 10.5. The average Bonchev–Trinajstić information content (AvgIpc) is 2.99. The van der Waals surface area contributed by atoms with E-state index in [0.717, 1.165) is 44.9 Å². The maximum atomic E-state index is 13.4. The molecule has 6 atom stereocenters. The van der Waals surface area contributed by atoms with Gasteiger partial charge in [0.2, 0.25) is 5.91 Å². The molecule has 1 aliphatic heterocycles. The molecule has 0 aromatic rings. The number of likely N-dealkylation sites (tertiary alicyclic amines) is 1. The molecule has 5 unspecified atom stereocenters. The number of nitrogens with two attached hydrogens (primary N) is 1. The lowest BCUT2D eigenvalue weighted by molar-refractivity contribution is -0.154. The van der Waals surface area contributed by atoms with Crippen LogP contribution in [0.4, 0.5) is 0 Å². The van der Waals surface area contributed by atoms with Gasteiger partial charge in [0.25, 0.3) is 0 Å². The summed E-state index contributed by atoms with van der Waals surface area (Å²) < 4.78 is 0. The molecule has 156 valence electrons. The normalized spacial score (nSPS) is 46.0. The Balaban J connectivity index is 1.94. The van der Waals surface area contributed by atoms with E-state index in [9.17, 15) is 15.0 Å². The molecule has 1 heterocycles. The van der Waals surface area contributed by atoms with Crippen molar-refractivity contribution in [2.75, 3.05) is 6.54 Å². The number of amides is 1. The maximum absolute atomic E-state index is 13.4. The minimum absolute atomic E-state index is 0.0799. The van der Waals surface area contributed by atoms with E-state index in [1.807, 2.05) is 0 Å². The second-order valence-corrected chi connectivity index (χ2v) is 11.7. The zero-order chi connectivity index (χ0) is 20.3. The predicted molar refractivity (Wildman–Crippen MR) is 107 cm³/mol. The van der Waals surface area contributed by atoms with E-state index in [1.54, 1.807) is 4.90 Å². The number of aliphatic hydroxyl groups excluding tert-OH is 1. The van der Waals surface area contributed by atoms with E-state index >= 15 is 0 Å². The smallest absolute Gasteiger partial charge is 0.240 e. The van der Waals surface area contributed by atoms with Crippen molar-refractivity contribution in [2.45, 2.75) is 102 Å². The van der Waals surface area contributed by atoms with Gasteiger partial charge < -0.3 is 20.8 Å². The molecule has 3 fully saturated rings. The van der Waals surface area contributed by atoms with Crippen molar-refractivity contribution in [1.82, 2.24) is 4.90 Å². The third-order valence-corrected chi connectivity index (χ3v) is 7.90. The molecular weight excluding hydrogens is 364 g/mol. The van der Waals surface area contributed by atoms with Crippen LogP contribution in [0.25, 0.3) is 0 Å². The van der Waals surface area contributed by atoms with E-state index in [2.05, 4.69) is 27.7 Å². The Kier molecular flexibility index (Phi) is 5.42. The van der Waals surface area contributed by atoms with Crippen molar-refractivity contribution in [2.24, 2.45) is 22.0 Å². The number of nitrogens with zero attached hydrogens (tertiary/aromatic N) is 1. The molecule has 3 rings (SSSR count). The fourth-order valence-corrected chi connectivity index (χ4v) is 7.84. The second kappa shape index (κ2) is 6.86. The third kappa shape index (κ3) is 3.90. The molecule has 3 aliphatic rings. The number of halogens is 1. The molecule has 2 aliphatic carbocycles. The molecule has 0 aromatic carbocycles. The predicted octanol–water partition coefficient (Wildman–Crippen LogP) is 3.00. The quantitative estimate of drug-likeness (QED) is 0.500. The van der Waals surface area contributed by atoms with E-state index in [0.29, 0.717) is 13.0 Å². The zero-order valence-electron chi connectivity index (χ0n) is 17.3. The lowest BCUT2D eigenvalue weighted by atomic mass is 9.45. The molecular formula is C21H37ClN2O3. The molecule has 5 nitrogen and oxygen atoms in total. The lowest BCUT2D eigenvalue weighted by Crippen LogP contribution is -2.63. The topological polar surface area (TPSA) is 86.8 Å². The van der Waals surface area contributed by atoms with Gasteiger partial charge in [-0.05, 0) is 68.1 Å². The summed E-state index contributed by atoms with van der Waals surface area (Å²) in [5, 5.41) is 19.4. The first-order chi connectivity index (χ1) is 12.3. The van der Waals surface area contributed by atoms with Crippen LogP contribution in [0.1, 0.15) is 79.1 Å². The second-order valence-electron chi connectivity index (χ2n) is 10.8. The minimum Gasteiger partial charge on any atom is -0.366 e. The van der Waals surface area contributed by atoms with E-state index < -0.39 is 18.4 Å². The molecule has 2 bridgehead atoms. The van der Waals surface area contributed by atoms with Gasteiger partial charge in [-0.15, -0.1) is 11.6 Å². The number of rotatable bonds is 4. The Morgan fingerprint density at radius 3 is 2.44 bits per heavy atom.